The number of fused-ring (bicyclic) bond motifs is 1. The molecule has 1 fully saturated rings. The summed E-state index contributed by atoms with van der Waals surface area (Å²) in [7, 11) is 0.367. The molecule has 10 nitrogen and oxygen atoms in total. The fraction of sp³-hybridized carbons (Fsp3) is 0.419. The average Bonchev–Trinajstić information content (AvgIpc) is 3.41. The minimum absolute atomic E-state index is 0.130. The lowest BCUT2D eigenvalue weighted by Gasteiger charge is -2.27. The maximum Gasteiger partial charge on any atom is 0.276 e. The maximum atomic E-state index is 14.8. The van der Waals surface area contributed by atoms with Gasteiger partial charge in [-0.3, -0.25) is 9.69 Å². The van der Waals surface area contributed by atoms with Crippen molar-refractivity contribution in [2.45, 2.75) is 32.4 Å². The molecule has 0 amide bonds. The number of hydrogen-bond acceptors (Lipinski definition) is 8. The van der Waals surface area contributed by atoms with Crippen molar-refractivity contribution in [1.29, 1.82) is 0 Å². The van der Waals surface area contributed by atoms with Gasteiger partial charge in [-0.1, -0.05) is 19.6 Å². The van der Waals surface area contributed by atoms with Gasteiger partial charge in [-0.15, -0.1) is 0 Å². The molecule has 5 rings (SSSR count). The van der Waals surface area contributed by atoms with Crippen LogP contribution in [0.1, 0.15) is 0 Å². The first-order valence-electron chi connectivity index (χ1n) is 14.7. The van der Waals surface area contributed by atoms with Crippen LogP contribution in [0.25, 0.3) is 22.0 Å². The third-order valence-corrected chi connectivity index (χ3v) is 9.33. The smallest absolute Gasteiger partial charge is 0.276 e. The zero-order chi connectivity index (χ0) is 31.4. The fourth-order valence-electron chi connectivity index (χ4n) is 5.06. The van der Waals surface area contributed by atoms with Gasteiger partial charge in [0.15, 0.2) is 17.3 Å². The first-order valence-corrected chi connectivity index (χ1v) is 18.4. The van der Waals surface area contributed by atoms with Crippen LogP contribution in [-0.4, -0.2) is 73.3 Å². The number of nitrogens with zero attached hydrogens (tertiary/aromatic N) is 4. The van der Waals surface area contributed by atoms with Gasteiger partial charge in [0.2, 0.25) is 0 Å². The molecule has 4 aromatic rings. The molecule has 0 radical (unpaired) electrons. The Balaban J connectivity index is 1.52. The van der Waals surface area contributed by atoms with Crippen molar-refractivity contribution < 1.29 is 23.0 Å². The van der Waals surface area contributed by atoms with Gasteiger partial charge in [-0.05, 0) is 30.3 Å². The minimum Gasteiger partial charge on any atom is -0.451 e. The topological polar surface area (TPSA) is 109 Å². The number of benzene rings is 2. The fourth-order valence-corrected chi connectivity index (χ4v) is 5.81. The lowest BCUT2D eigenvalue weighted by molar-refractivity contribution is 0.0398. The van der Waals surface area contributed by atoms with E-state index in [9.17, 15) is 13.6 Å². The highest BCUT2D eigenvalue weighted by molar-refractivity contribution is 6.76. The zero-order valence-electron chi connectivity index (χ0n) is 25.7. The number of aryl methyl sites for hydroxylation is 1. The van der Waals surface area contributed by atoms with Gasteiger partial charge in [0.1, 0.15) is 18.1 Å². The van der Waals surface area contributed by atoms with Crippen molar-refractivity contribution in [3.8, 4) is 22.6 Å². The zero-order valence-corrected chi connectivity index (χ0v) is 26.7. The molecule has 0 unspecified atom stereocenters. The van der Waals surface area contributed by atoms with Crippen LogP contribution in [0, 0.1) is 11.6 Å². The van der Waals surface area contributed by atoms with Gasteiger partial charge in [0, 0.05) is 76.7 Å². The number of aromatic nitrogens is 3. The Morgan fingerprint density at radius 1 is 1.11 bits per heavy atom. The number of anilines is 2. The molecule has 13 heteroatoms. The molecule has 0 saturated carbocycles. The van der Waals surface area contributed by atoms with Crippen LogP contribution < -0.4 is 21.3 Å². The molecule has 3 N–H and O–H groups in total. The molecule has 1 aliphatic heterocycles. The second-order valence-electron chi connectivity index (χ2n) is 12.2. The summed E-state index contributed by atoms with van der Waals surface area (Å²) >= 11 is 0. The number of ether oxygens (including phenoxy) is 3. The van der Waals surface area contributed by atoms with Crippen molar-refractivity contribution in [3.05, 3.63) is 64.7 Å². The Hall–Kier alpha value is -3.78. The SMILES string of the molecule is Cn1cc(-c2ccc(NCCN3CCOCC3)c(N)c2Oc2ccc(F)cc2F)c2cnn(COCC[Si](C)(C)C)c2c1=O. The molecule has 0 atom stereocenters. The first-order chi connectivity index (χ1) is 21.0. The highest BCUT2D eigenvalue weighted by atomic mass is 28.3. The van der Waals surface area contributed by atoms with Gasteiger partial charge in [0.25, 0.3) is 5.56 Å². The Morgan fingerprint density at radius 2 is 1.89 bits per heavy atom. The minimum atomic E-state index is -1.29. The summed E-state index contributed by atoms with van der Waals surface area (Å²) in [6.45, 7) is 12.0. The van der Waals surface area contributed by atoms with E-state index in [4.69, 9.17) is 19.9 Å². The van der Waals surface area contributed by atoms with Crippen molar-refractivity contribution in [2.24, 2.45) is 7.05 Å². The van der Waals surface area contributed by atoms with Gasteiger partial charge in [-0.25, -0.2) is 13.5 Å². The highest BCUT2D eigenvalue weighted by Gasteiger charge is 2.22. The second-order valence-corrected chi connectivity index (χ2v) is 17.8. The summed E-state index contributed by atoms with van der Waals surface area (Å²) in [6.07, 6.45) is 3.29. The van der Waals surface area contributed by atoms with Crippen molar-refractivity contribution in [3.63, 3.8) is 0 Å². The quantitative estimate of drug-likeness (QED) is 0.127. The number of pyridine rings is 1. The molecular formula is C31H40F2N6O4Si. The number of halogens is 2. The monoisotopic (exact) mass is 626 g/mol. The molecule has 1 saturated heterocycles. The third-order valence-electron chi connectivity index (χ3n) is 7.62. The van der Waals surface area contributed by atoms with Gasteiger partial charge < -0.3 is 29.8 Å². The van der Waals surface area contributed by atoms with E-state index in [-0.39, 0.29) is 29.5 Å². The van der Waals surface area contributed by atoms with Crippen LogP contribution in [0.2, 0.25) is 25.7 Å². The van der Waals surface area contributed by atoms with Crippen LogP contribution in [0.3, 0.4) is 0 Å². The summed E-state index contributed by atoms with van der Waals surface area (Å²) in [5.41, 5.74) is 8.78. The van der Waals surface area contributed by atoms with Crippen LogP contribution in [0.4, 0.5) is 20.2 Å². The van der Waals surface area contributed by atoms with E-state index in [1.54, 1.807) is 24.1 Å². The van der Waals surface area contributed by atoms with E-state index >= 15 is 0 Å². The summed E-state index contributed by atoms with van der Waals surface area (Å²) in [5, 5.41) is 8.40. The summed E-state index contributed by atoms with van der Waals surface area (Å²) < 4.78 is 48.9. The number of hydrogen-bond donors (Lipinski definition) is 2. The first kappa shape index (κ1) is 31.6. The summed E-state index contributed by atoms with van der Waals surface area (Å²) in [6, 6.07) is 7.73. The molecule has 2 aromatic carbocycles. The van der Waals surface area contributed by atoms with E-state index in [0.717, 1.165) is 37.8 Å². The maximum absolute atomic E-state index is 14.8. The predicted octanol–water partition coefficient (Wildman–Crippen LogP) is 5.11. The van der Waals surface area contributed by atoms with E-state index in [0.29, 0.717) is 54.1 Å². The predicted molar refractivity (Wildman–Crippen MR) is 171 cm³/mol. The number of rotatable bonds is 12. The lowest BCUT2D eigenvalue weighted by Crippen LogP contribution is -2.39. The van der Waals surface area contributed by atoms with Crippen molar-refractivity contribution >= 4 is 30.4 Å². The number of nitrogens with two attached hydrogens (primary N) is 1. The molecule has 3 heterocycles. The van der Waals surface area contributed by atoms with Crippen LogP contribution in [-0.2, 0) is 23.3 Å². The molecule has 236 valence electrons. The molecular weight excluding hydrogens is 586 g/mol. The van der Waals surface area contributed by atoms with Crippen molar-refractivity contribution in [1.82, 2.24) is 19.2 Å². The number of morpholine rings is 1. The molecule has 1 aliphatic rings. The molecule has 0 bridgehead atoms. The number of nitrogen functional groups attached to an aromatic ring is 1. The third kappa shape index (κ3) is 7.29. The molecule has 0 spiro atoms. The standard InChI is InChI=1S/C31H40F2N6O4Si/c1-37-19-24(23-18-36-39(29(23)31(37)40)20-42-15-16-44(2,3)4)22-6-7-26(35-9-10-38-11-13-41-14-12-38)28(34)30(22)43-27-8-5-21(32)17-25(27)33/h5-8,17-19,35H,9-16,20,34H2,1-4H3. The van der Waals surface area contributed by atoms with Crippen LogP contribution >= 0.6 is 0 Å². The average molecular weight is 627 g/mol. The highest BCUT2D eigenvalue weighted by Crippen LogP contribution is 2.44. The van der Waals surface area contributed by atoms with Crippen LogP contribution in [0.5, 0.6) is 11.5 Å². The Kier molecular flexibility index (Phi) is 9.68. The van der Waals surface area contributed by atoms with E-state index in [1.165, 1.54) is 10.6 Å². The van der Waals surface area contributed by atoms with E-state index in [1.807, 2.05) is 12.1 Å². The summed E-state index contributed by atoms with van der Waals surface area (Å²) in [5.74, 6) is -1.60. The lowest BCUT2D eigenvalue weighted by atomic mass is 10.0. The van der Waals surface area contributed by atoms with E-state index < -0.39 is 19.7 Å². The molecule has 0 aliphatic carbocycles. The number of nitrogens with one attached hydrogen (secondary N) is 1. The molecule has 2 aromatic heterocycles. The largest absolute Gasteiger partial charge is 0.451 e. The van der Waals surface area contributed by atoms with Gasteiger partial charge in [-0.2, -0.15) is 5.10 Å². The Morgan fingerprint density at radius 3 is 2.61 bits per heavy atom. The Bertz CT molecular complexity index is 1680. The molecule has 44 heavy (non-hydrogen) atoms. The van der Waals surface area contributed by atoms with Gasteiger partial charge in [0.05, 0.1) is 30.8 Å². The summed E-state index contributed by atoms with van der Waals surface area (Å²) in [4.78, 5) is 15.6. The van der Waals surface area contributed by atoms with Crippen molar-refractivity contribution in [2.75, 3.05) is 57.1 Å². The Labute approximate surface area is 256 Å². The normalized spacial score (nSPS) is 14.3. The van der Waals surface area contributed by atoms with E-state index in [2.05, 4.69) is 35.0 Å². The van der Waals surface area contributed by atoms with Gasteiger partial charge >= 0.3 is 0 Å². The second kappa shape index (κ2) is 13.5. The van der Waals surface area contributed by atoms with Crippen LogP contribution in [0.15, 0.2) is 47.5 Å².